The lowest BCUT2D eigenvalue weighted by molar-refractivity contribution is 1.26. The number of aryl methyl sites for hydroxylation is 1. The molecule has 1 heterocycles. The molecule has 0 saturated carbocycles. The number of aromatic amines is 1. The fraction of sp³-hybridized carbons (Fsp3) is 0.125. The van der Waals surface area contributed by atoms with Gasteiger partial charge in [-0.25, -0.2) is 4.99 Å². The maximum Gasteiger partial charge on any atom is 0.139 e. The highest BCUT2D eigenvalue weighted by Crippen LogP contribution is 2.18. The highest BCUT2D eigenvalue weighted by Gasteiger charge is 2.09. The molecule has 0 aromatic carbocycles. The van der Waals surface area contributed by atoms with Crippen molar-refractivity contribution in [3.05, 3.63) is 33.8 Å². The van der Waals surface area contributed by atoms with Crippen molar-refractivity contribution in [2.45, 2.75) is 6.92 Å². The van der Waals surface area contributed by atoms with Gasteiger partial charge in [0.25, 0.3) is 0 Å². The molecule has 0 unspecified atom stereocenters. The summed E-state index contributed by atoms with van der Waals surface area (Å²) in [5.41, 5.74) is 1.98. The number of nitrogens with one attached hydrogen (secondary N) is 1. The van der Waals surface area contributed by atoms with E-state index in [0.29, 0.717) is 5.17 Å². The standard InChI is InChI=1S/C8H8ClIN2/c1-3-11-8(9)7-5(2)12-4-6(7)10/h3-4,12H,1H2,2H3. The number of rotatable bonds is 2. The van der Waals surface area contributed by atoms with Crippen LogP contribution in [0.4, 0.5) is 0 Å². The summed E-state index contributed by atoms with van der Waals surface area (Å²) >= 11 is 8.12. The van der Waals surface area contributed by atoms with E-state index in [2.05, 4.69) is 39.1 Å². The van der Waals surface area contributed by atoms with Gasteiger partial charge in [0.2, 0.25) is 0 Å². The fourth-order valence-corrected chi connectivity index (χ4v) is 2.18. The zero-order valence-corrected chi connectivity index (χ0v) is 9.48. The zero-order chi connectivity index (χ0) is 9.14. The van der Waals surface area contributed by atoms with E-state index in [-0.39, 0.29) is 0 Å². The van der Waals surface area contributed by atoms with Gasteiger partial charge in [0, 0.05) is 27.2 Å². The highest BCUT2D eigenvalue weighted by atomic mass is 127. The molecule has 0 aliphatic heterocycles. The SMILES string of the molecule is C=CN=C(Cl)c1c(I)c[nH]c1C. The normalized spacial score (nSPS) is 11.8. The second-order valence-corrected chi connectivity index (χ2v) is 3.76. The van der Waals surface area contributed by atoms with E-state index < -0.39 is 0 Å². The van der Waals surface area contributed by atoms with Crippen molar-refractivity contribution in [1.29, 1.82) is 0 Å². The number of H-pyrrole nitrogens is 1. The van der Waals surface area contributed by atoms with Crippen molar-refractivity contribution >= 4 is 39.4 Å². The minimum absolute atomic E-state index is 0.480. The van der Waals surface area contributed by atoms with E-state index in [0.717, 1.165) is 14.8 Å². The smallest absolute Gasteiger partial charge is 0.139 e. The van der Waals surface area contributed by atoms with Crippen molar-refractivity contribution in [3.8, 4) is 0 Å². The van der Waals surface area contributed by atoms with Gasteiger partial charge in [0.15, 0.2) is 0 Å². The first-order valence-electron chi connectivity index (χ1n) is 3.35. The zero-order valence-electron chi connectivity index (χ0n) is 6.56. The fourth-order valence-electron chi connectivity index (χ4n) is 0.893. The highest BCUT2D eigenvalue weighted by molar-refractivity contribution is 14.1. The molecule has 0 fully saturated rings. The summed E-state index contributed by atoms with van der Waals surface area (Å²) in [7, 11) is 0. The molecule has 0 atom stereocenters. The maximum atomic E-state index is 5.91. The van der Waals surface area contributed by atoms with Crippen LogP contribution in [0.2, 0.25) is 0 Å². The van der Waals surface area contributed by atoms with Crippen LogP contribution in [0, 0.1) is 10.5 Å². The van der Waals surface area contributed by atoms with E-state index in [9.17, 15) is 0 Å². The van der Waals surface area contributed by atoms with E-state index in [4.69, 9.17) is 11.6 Å². The molecule has 0 amide bonds. The molecule has 0 spiro atoms. The van der Waals surface area contributed by atoms with Gasteiger partial charge in [-0.3, -0.25) is 0 Å². The first-order valence-corrected chi connectivity index (χ1v) is 4.80. The molecule has 4 heteroatoms. The second-order valence-electron chi connectivity index (χ2n) is 2.24. The van der Waals surface area contributed by atoms with Crippen molar-refractivity contribution in [2.24, 2.45) is 4.99 Å². The Balaban J connectivity index is 3.17. The summed E-state index contributed by atoms with van der Waals surface area (Å²) < 4.78 is 1.07. The van der Waals surface area contributed by atoms with Crippen LogP contribution in [-0.2, 0) is 0 Å². The quantitative estimate of drug-likeness (QED) is 0.641. The largest absolute Gasteiger partial charge is 0.364 e. The summed E-state index contributed by atoms with van der Waals surface area (Å²) in [6.07, 6.45) is 3.33. The summed E-state index contributed by atoms with van der Waals surface area (Å²) in [6.45, 7) is 5.44. The summed E-state index contributed by atoms with van der Waals surface area (Å²) in [4.78, 5) is 6.98. The molecule has 1 aromatic rings. The molecule has 0 bridgehead atoms. The van der Waals surface area contributed by atoms with Gasteiger partial charge in [-0.05, 0) is 29.5 Å². The Hall–Kier alpha value is -0.290. The van der Waals surface area contributed by atoms with Crippen molar-refractivity contribution < 1.29 is 0 Å². The molecule has 2 nitrogen and oxygen atoms in total. The number of aliphatic imine (C=N–C) groups is 1. The predicted octanol–water partition coefficient (Wildman–Crippen LogP) is 3.06. The Kier molecular flexibility index (Phi) is 3.34. The lowest BCUT2D eigenvalue weighted by Gasteiger charge is -1.95. The molecule has 0 radical (unpaired) electrons. The minimum atomic E-state index is 0.480. The number of aromatic nitrogens is 1. The van der Waals surface area contributed by atoms with Gasteiger partial charge in [0.05, 0.1) is 0 Å². The van der Waals surface area contributed by atoms with Crippen molar-refractivity contribution in [2.75, 3.05) is 0 Å². The predicted molar refractivity (Wildman–Crippen MR) is 60.8 cm³/mol. The lowest BCUT2D eigenvalue weighted by Crippen LogP contribution is -1.93. The Labute approximate surface area is 89.9 Å². The minimum Gasteiger partial charge on any atom is -0.364 e. The average Bonchev–Trinajstić information content (AvgIpc) is 2.32. The van der Waals surface area contributed by atoms with Gasteiger partial charge >= 0.3 is 0 Å². The van der Waals surface area contributed by atoms with Gasteiger partial charge < -0.3 is 4.98 Å². The van der Waals surface area contributed by atoms with Gasteiger partial charge in [-0.2, -0.15) is 0 Å². The molecule has 12 heavy (non-hydrogen) atoms. The Morgan fingerprint density at radius 3 is 2.92 bits per heavy atom. The van der Waals surface area contributed by atoms with E-state index in [1.54, 1.807) is 0 Å². The second kappa shape index (κ2) is 4.09. The maximum absolute atomic E-state index is 5.91. The van der Waals surface area contributed by atoms with Crippen LogP contribution in [0.15, 0.2) is 24.0 Å². The van der Waals surface area contributed by atoms with E-state index in [1.165, 1.54) is 6.20 Å². The van der Waals surface area contributed by atoms with Crippen LogP contribution in [-0.4, -0.2) is 10.2 Å². The Morgan fingerprint density at radius 1 is 1.83 bits per heavy atom. The van der Waals surface area contributed by atoms with Crippen LogP contribution in [0.1, 0.15) is 11.3 Å². The Bertz CT molecular complexity index is 308. The molecule has 1 aromatic heterocycles. The molecular weight excluding hydrogens is 286 g/mol. The third-order valence-electron chi connectivity index (χ3n) is 1.44. The lowest BCUT2D eigenvalue weighted by atomic mass is 10.3. The molecule has 1 N–H and O–H groups in total. The monoisotopic (exact) mass is 294 g/mol. The molecule has 0 aliphatic carbocycles. The molecular formula is C8H8ClIN2. The first kappa shape index (κ1) is 9.80. The number of nitrogens with zero attached hydrogens (tertiary/aromatic N) is 1. The average molecular weight is 295 g/mol. The van der Waals surface area contributed by atoms with Crippen molar-refractivity contribution in [1.82, 2.24) is 4.98 Å². The van der Waals surface area contributed by atoms with Crippen LogP contribution < -0.4 is 0 Å². The van der Waals surface area contributed by atoms with Gasteiger partial charge in [0.1, 0.15) is 5.17 Å². The third-order valence-corrected chi connectivity index (χ3v) is 2.58. The number of hydrogen-bond acceptors (Lipinski definition) is 1. The van der Waals surface area contributed by atoms with E-state index >= 15 is 0 Å². The molecule has 0 aliphatic rings. The topological polar surface area (TPSA) is 28.1 Å². The number of hydrogen-bond donors (Lipinski definition) is 1. The molecule has 64 valence electrons. The van der Waals surface area contributed by atoms with Crippen LogP contribution in [0.3, 0.4) is 0 Å². The van der Waals surface area contributed by atoms with Crippen molar-refractivity contribution in [3.63, 3.8) is 0 Å². The Morgan fingerprint density at radius 2 is 2.50 bits per heavy atom. The summed E-state index contributed by atoms with van der Waals surface area (Å²) in [6, 6.07) is 0. The summed E-state index contributed by atoms with van der Waals surface area (Å²) in [5, 5.41) is 0.480. The summed E-state index contributed by atoms with van der Waals surface area (Å²) in [5.74, 6) is 0. The molecule has 1 rings (SSSR count). The molecule has 0 saturated heterocycles. The third kappa shape index (κ3) is 1.90. The van der Waals surface area contributed by atoms with Crippen LogP contribution >= 0.6 is 34.2 Å². The van der Waals surface area contributed by atoms with Gasteiger partial charge in [-0.15, -0.1) is 0 Å². The first-order chi connectivity index (χ1) is 5.66. The van der Waals surface area contributed by atoms with Crippen LogP contribution in [0.25, 0.3) is 0 Å². The van der Waals surface area contributed by atoms with Crippen LogP contribution in [0.5, 0.6) is 0 Å². The van der Waals surface area contributed by atoms with Gasteiger partial charge in [-0.1, -0.05) is 18.2 Å². The number of halogens is 2. The van der Waals surface area contributed by atoms with E-state index in [1.807, 2.05) is 13.1 Å².